The van der Waals surface area contributed by atoms with E-state index in [1.165, 1.54) is 0 Å². The first-order chi connectivity index (χ1) is 6.86. The van der Waals surface area contributed by atoms with Crippen molar-refractivity contribution < 1.29 is 14.6 Å². The molecule has 0 bridgehead atoms. The van der Waals surface area contributed by atoms with Gasteiger partial charge in [0.05, 0.1) is 5.69 Å². The number of hydrogen-bond donors (Lipinski definition) is 2. The second-order valence-corrected chi connectivity index (χ2v) is 3.52. The van der Waals surface area contributed by atoms with Crippen LogP contribution in [0.2, 0.25) is 0 Å². The summed E-state index contributed by atoms with van der Waals surface area (Å²) in [7, 11) is 0. The number of nitrogens with one attached hydrogen (secondary N) is 1. The average Bonchev–Trinajstić information content (AvgIpc) is 2.66. The molecule has 3 rings (SSSR count). The lowest BCUT2D eigenvalue weighted by Gasteiger charge is -2.19. The molecule has 0 atom stereocenters. The second kappa shape index (κ2) is 2.70. The molecule has 74 valence electrons. The summed E-state index contributed by atoms with van der Waals surface area (Å²) < 4.78 is 10.4. The van der Waals surface area contributed by atoms with E-state index in [0.29, 0.717) is 11.5 Å². The van der Waals surface area contributed by atoms with E-state index >= 15 is 0 Å². The van der Waals surface area contributed by atoms with E-state index in [9.17, 15) is 5.11 Å². The van der Waals surface area contributed by atoms with Crippen LogP contribution in [0.5, 0.6) is 17.2 Å². The Labute approximate surface area is 81.5 Å². The van der Waals surface area contributed by atoms with Crippen LogP contribution in [0.15, 0.2) is 6.07 Å². The predicted octanol–water partition coefficient (Wildman–Crippen LogP) is 1.48. The minimum absolute atomic E-state index is 0.190. The molecule has 2 aliphatic rings. The third kappa shape index (κ3) is 0.937. The maximum atomic E-state index is 9.89. The molecule has 0 saturated carbocycles. The van der Waals surface area contributed by atoms with E-state index in [-0.39, 0.29) is 12.5 Å². The molecule has 0 spiro atoms. The Balaban J connectivity index is 2.20. The van der Waals surface area contributed by atoms with Crippen LogP contribution in [0.1, 0.15) is 12.0 Å². The monoisotopic (exact) mass is 193 g/mol. The van der Waals surface area contributed by atoms with Crippen molar-refractivity contribution in [2.75, 3.05) is 18.7 Å². The molecule has 0 radical (unpaired) electrons. The molecule has 2 aliphatic heterocycles. The van der Waals surface area contributed by atoms with E-state index in [1.54, 1.807) is 0 Å². The lowest BCUT2D eigenvalue weighted by Crippen LogP contribution is -2.11. The third-order valence-electron chi connectivity index (χ3n) is 2.64. The van der Waals surface area contributed by atoms with Crippen LogP contribution in [0.25, 0.3) is 0 Å². The topological polar surface area (TPSA) is 50.7 Å². The molecule has 4 nitrogen and oxygen atoms in total. The summed E-state index contributed by atoms with van der Waals surface area (Å²) in [5, 5.41) is 13.1. The van der Waals surface area contributed by atoms with Crippen molar-refractivity contribution in [2.24, 2.45) is 0 Å². The Kier molecular flexibility index (Phi) is 1.50. The molecular weight excluding hydrogens is 182 g/mol. The quantitative estimate of drug-likeness (QED) is 0.613. The molecule has 2 N–H and O–H groups in total. The molecule has 1 aromatic rings. The Bertz CT molecular complexity index is 389. The molecule has 2 heterocycles. The van der Waals surface area contributed by atoms with Crippen LogP contribution in [-0.4, -0.2) is 18.4 Å². The fourth-order valence-corrected chi connectivity index (χ4v) is 1.96. The lowest BCUT2D eigenvalue weighted by atomic mass is 10.0. The van der Waals surface area contributed by atoms with Crippen molar-refractivity contribution in [3.05, 3.63) is 11.6 Å². The summed E-state index contributed by atoms with van der Waals surface area (Å²) in [5.74, 6) is 1.32. The van der Waals surface area contributed by atoms with Gasteiger partial charge in [0.25, 0.3) is 0 Å². The summed E-state index contributed by atoms with van der Waals surface area (Å²) >= 11 is 0. The van der Waals surface area contributed by atoms with Gasteiger partial charge in [-0.3, -0.25) is 0 Å². The number of rotatable bonds is 0. The van der Waals surface area contributed by atoms with Gasteiger partial charge in [-0.2, -0.15) is 0 Å². The number of phenolic OH excluding ortho intramolecular Hbond substituents is 1. The maximum absolute atomic E-state index is 9.89. The fraction of sp³-hybridized carbons (Fsp3) is 0.400. The molecule has 4 heteroatoms. The Morgan fingerprint density at radius 1 is 1.36 bits per heavy atom. The first-order valence-electron chi connectivity index (χ1n) is 4.74. The second-order valence-electron chi connectivity index (χ2n) is 3.52. The third-order valence-corrected chi connectivity index (χ3v) is 2.64. The van der Waals surface area contributed by atoms with Crippen molar-refractivity contribution >= 4 is 5.69 Å². The van der Waals surface area contributed by atoms with Crippen molar-refractivity contribution in [1.82, 2.24) is 0 Å². The van der Waals surface area contributed by atoms with Gasteiger partial charge in [-0.05, 0) is 24.5 Å². The Morgan fingerprint density at radius 2 is 2.29 bits per heavy atom. The number of phenols is 1. The lowest BCUT2D eigenvalue weighted by molar-refractivity contribution is 0.171. The summed E-state index contributed by atoms with van der Waals surface area (Å²) in [6.45, 7) is 1.10. The van der Waals surface area contributed by atoms with Gasteiger partial charge in [-0.1, -0.05) is 0 Å². The van der Waals surface area contributed by atoms with Crippen LogP contribution in [0.3, 0.4) is 0 Å². The van der Waals surface area contributed by atoms with Crippen LogP contribution >= 0.6 is 0 Å². The number of hydrogen-bond acceptors (Lipinski definition) is 4. The number of benzene rings is 1. The Hall–Kier alpha value is -1.58. The van der Waals surface area contributed by atoms with Gasteiger partial charge in [0.1, 0.15) is 0 Å². The van der Waals surface area contributed by atoms with Crippen LogP contribution in [-0.2, 0) is 6.42 Å². The number of fused-ring (bicyclic) bond motifs is 2. The maximum Gasteiger partial charge on any atom is 0.231 e. The average molecular weight is 193 g/mol. The minimum Gasteiger partial charge on any atom is -0.503 e. The van der Waals surface area contributed by atoms with Gasteiger partial charge in [0, 0.05) is 6.54 Å². The standard InChI is InChI=1S/C10H11NO3/c12-9-8-6(2-1-3-11-8)4-7-10(9)14-5-13-7/h4,11-12H,1-3,5H2. The smallest absolute Gasteiger partial charge is 0.231 e. The van der Waals surface area contributed by atoms with Gasteiger partial charge in [-0.25, -0.2) is 0 Å². The van der Waals surface area contributed by atoms with Crippen molar-refractivity contribution in [3.63, 3.8) is 0 Å². The van der Waals surface area contributed by atoms with E-state index in [4.69, 9.17) is 9.47 Å². The highest BCUT2D eigenvalue weighted by molar-refractivity contribution is 5.72. The normalized spacial score (nSPS) is 17.4. The highest BCUT2D eigenvalue weighted by atomic mass is 16.7. The summed E-state index contributed by atoms with van der Waals surface area (Å²) in [4.78, 5) is 0. The number of anilines is 1. The van der Waals surface area contributed by atoms with Crippen molar-refractivity contribution in [3.8, 4) is 17.2 Å². The van der Waals surface area contributed by atoms with Crippen LogP contribution in [0.4, 0.5) is 5.69 Å². The van der Waals surface area contributed by atoms with E-state index < -0.39 is 0 Å². The minimum atomic E-state index is 0.190. The molecule has 0 fully saturated rings. The largest absolute Gasteiger partial charge is 0.503 e. The number of aromatic hydroxyl groups is 1. The first kappa shape index (κ1) is 7.79. The zero-order valence-electron chi connectivity index (χ0n) is 7.67. The molecule has 14 heavy (non-hydrogen) atoms. The van der Waals surface area contributed by atoms with E-state index in [1.807, 2.05) is 6.07 Å². The van der Waals surface area contributed by atoms with Gasteiger partial charge in [-0.15, -0.1) is 0 Å². The summed E-state index contributed by atoms with van der Waals surface area (Å²) in [5.41, 5.74) is 1.92. The van der Waals surface area contributed by atoms with Gasteiger partial charge in [0.15, 0.2) is 11.5 Å². The van der Waals surface area contributed by atoms with Crippen molar-refractivity contribution in [2.45, 2.75) is 12.8 Å². The van der Waals surface area contributed by atoms with Crippen LogP contribution < -0.4 is 14.8 Å². The summed E-state index contributed by atoms with van der Waals surface area (Å²) in [6, 6.07) is 1.95. The molecule has 0 amide bonds. The molecular formula is C10H11NO3. The van der Waals surface area contributed by atoms with Gasteiger partial charge < -0.3 is 19.9 Å². The highest BCUT2D eigenvalue weighted by Crippen LogP contribution is 2.48. The van der Waals surface area contributed by atoms with Crippen molar-refractivity contribution in [1.29, 1.82) is 0 Å². The molecule has 1 aromatic carbocycles. The molecule has 0 aliphatic carbocycles. The zero-order chi connectivity index (χ0) is 9.54. The molecule has 0 unspecified atom stereocenters. The van der Waals surface area contributed by atoms with Gasteiger partial charge in [0.2, 0.25) is 12.5 Å². The van der Waals surface area contributed by atoms with Crippen LogP contribution in [0, 0.1) is 0 Å². The van der Waals surface area contributed by atoms with E-state index in [2.05, 4.69) is 5.32 Å². The van der Waals surface area contributed by atoms with E-state index in [0.717, 1.165) is 30.6 Å². The van der Waals surface area contributed by atoms with Gasteiger partial charge >= 0.3 is 0 Å². The number of ether oxygens (including phenoxy) is 2. The Morgan fingerprint density at radius 3 is 3.21 bits per heavy atom. The zero-order valence-corrected chi connectivity index (χ0v) is 7.67. The molecule has 0 aromatic heterocycles. The number of aryl methyl sites for hydroxylation is 1. The highest BCUT2D eigenvalue weighted by Gasteiger charge is 2.25. The SMILES string of the molecule is Oc1c2c(cc3c1OCO3)CCCN2. The fourth-order valence-electron chi connectivity index (χ4n) is 1.96. The summed E-state index contributed by atoms with van der Waals surface area (Å²) in [6.07, 6.45) is 2.07. The first-order valence-corrected chi connectivity index (χ1v) is 4.74. The molecule has 0 saturated heterocycles. The predicted molar refractivity (Wildman–Crippen MR) is 51.0 cm³/mol.